The van der Waals surface area contributed by atoms with E-state index in [2.05, 4.69) is 15.3 Å². The lowest BCUT2D eigenvalue weighted by Gasteiger charge is -2.08. The number of rotatable bonds is 6. The minimum Gasteiger partial charge on any atom is -0.347 e. The lowest BCUT2D eigenvalue weighted by atomic mass is 10.1. The number of amides is 1. The molecular weight excluding hydrogens is 396 g/mol. The topological polar surface area (TPSA) is 76.9 Å². The summed E-state index contributed by atoms with van der Waals surface area (Å²) >= 11 is 1.34. The molecule has 1 amide bonds. The van der Waals surface area contributed by atoms with E-state index in [1.54, 1.807) is 29.1 Å². The molecule has 4 aromatic rings. The van der Waals surface area contributed by atoms with Crippen LogP contribution in [0, 0.1) is 6.92 Å². The Balaban J connectivity index is 1.39. The molecule has 0 bridgehead atoms. The standard InChI is InChI=1S/C23H20N4O2S/c1-16-21(30-23(26-16)19-6-2-4-12-24-19)22(29)25-14-17-8-10-18(11-9-17)15-27-13-5-3-7-20(27)28/h2-13H,14-15H2,1H3,(H,25,29). The van der Waals surface area contributed by atoms with Crippen molar-refractivity contribution in [2.75, 3.05) is 0 Å². The van der Waals surface area contributed by atoms with Crippen molar-refractivity contribution >= 4 is 17.2 Å². The van der Waals surface area contributed by atoms with Gasteiger partial charge < -0.3 is 9.88 Å². The molecule has 0 aliphatic rings. The zero-order valence-electron chi connectivity index (χ0n) is 16.4. The van der Waals surface area contributed by atoms with Gasteiger partial charge in [-0.05, 0) is 36.2 Å². The first-order chi connectivity index (χ1) is 14.6. The number of thiazole rings is 1. The third-order valence-corrected chi connectivity index (χ3v) is 5.79. The highest BCUT2D eigenvalue weighted by Gasteiger charge is 2.16. The van der Waals surface area contributed by atoms with E-state index in [4.69, 9.17) is 0 Å². The van der Waals surface area contributed by atoms with Crippen LogP contribution in [0.1, 0.15) is 26.5 Å². The smallest absolute Gasteiger partial charge is 0.263 e. The Kier molecular flexibility index (Phi) is 5.81. The molecule has 0 aliphatic heterocycles. The zero-order valence-corrected chi connectivity index (χ0v) is 17.2. The minimum absolute atomic E-state index is 0.0289. The van der Waals surface area contributed by atoms with Crippen molar-refractivity contribution in [3.05, 3.63) is 105 Å². The Morgan fingerprint density at radius 3 is 2.53 bits per heavy atom. The molecule has 0 atom stereocenters. The molecule has 7 heteroatoms. The van der Waals surface area contributed by atoms with Crippen molar-refractivity contribution in [3.63, 3.8) is 0 Å². The number of pyridine rings is 2. The molecule has 4 rings (SSSR count). The summed E-state index contributed by atoms with van der Waals surface area (Å²) in [4.78, 5) is 33.8. The molecule has 6 nitrogen and oxygen atoms in total. The van der Waals surface area contributed by atoms with Crippen molar-refractivity contribution in [1.82, 2.24) is 19.9 Å². The Morgan fingerprint density at radius 1 is 1.03 bits per heavy atom. The summed E-state index contributed by atoms with van der Waals surface area (Å²) < 4.78 is 1.66. The number of carbonyl (C=O) groups is 1. The second-order valence-corrected chi connectivity index (χ2v) is 7.81. The SMILES string of the molecule is Cc1nc(-c2ccccn2)sc1C(=O)NCc1ccc(Cn2ccccc2=O)cc1. The Morgan fingerprint density at radius 2 is 1.80 bits per heavy atom. The first-order valence-electron chi connectivity index (χ1n) is 9.50. The minimum atomic E-state index is -0.146. The fourth-order valence-corrected chi connectivity index (χ4v) is 3.98. The monoisotopic (exact) mass is 416 g/mol. The van der Waals surface area contributed by atoms with Crippen molar-refractivity contribution in [3.8, 4) is 10.7 Å². The van der Waals surface area contributed by atoms with E-state index >= 15 is 0 Å². The predicted octanol–water partition coefficient (Wildman–Crippen LogP) is 3.65. The van der Waals surface area contributed by atoms with Crippen LogP contribution in [0.5, 0.6) is 0 Å². The first kappa shape index (κ1) is 19.7. The number of carbonyl (C=O) groups excluding carboxylic acids is 1. The summed E-state index contributed by atoms with van der Waals surface area (Å²) in [5, 5.41) is 3.69. The zero-order chi connectivity index (χ0) is 20.9. The van der Waals surface area contributed by atoms with Gasteiger partial charge in [-0.2, -0.15) is 0 Å². The second kappa shape index (κ2) is 8.84. The number of aryl methyl sites for hydroxylation is 1. The van der Waals surface area contributed by atoms with Crippen LogP contribution in [0.2, 0.25) is 0 Å². The third kappa shape index (κ3) is 4.52. The Labute approximate surface area is 177 Å². The van der Waals surface area contributed by atoms with Gasteiger partial charge >= 0.3 is 0 Å². The molecular formula is C23H20N4O2S. The van der Waals surface area contributed by atoms with E-state index in [9.17, 15) is 9.59 Å². The summed E-state index contributed by atoms with van der Waals surface area (Å²) in [6.45, 7) is 2.77. The summed E-state index contributed by atoms with van der Waals surface area (Å²) in [7, 11) is 0. The molecule has 1 aromatic carbocycles. The van der Waals surface area contributed by atoms with Gasteiger partial charge in [-0.25, -0.2) is 4.98 Å². The van der Waals surface area contributed by atoms with E-state index in [0.717, 1.165) is 21.8 Å². The molecule has 150 valence electrons. The number of nitrogens with zero attached hydrogens (tertiary/aromatic N) is 3. The van der Waals surface area contributed by atoms with E-state index in [-0.39, 0.29) is 11.5 Å². The van der Waals surface area contributed by atoms with Crippen LogP contribution >= 0.6 is 11.3 Å². The van der Waals surface area contributed by atoms with Crippen molar-refractivity contribution in [1.29, 1.82) is 0 Å². The average molecular weight is 417 g/mol. The van der Waals surface area contributed by atoms with Crippen molar-refractivity contribution in [2.24, 2.45) is 0 Å². The van der Waals surface area contributed by atoms with E-state index < -0.39 is 0 Å². The highest BCUT2D eigenvalue weighted by Crippen LogP contribution is 2.26. The van der Waals surface area contributed by atoms with Gasteiger partial charge in [0, 0.05) is 25.0 Å². The van der Waals surface area contributed by atoms with Gasteiger partial charge in [-0.3, -0.25) is 14.6 Å². The number of hydrogen-bond acceptors (Lipinski definition) is 5. The molecule has 0 fully saturated rings. The molecule has 3 heterocycles. The maximum Gasteiger partial charge on any atom is 0.263 e. The van der Waals surface area contributed by atoms with Gasteiger partial charge in [0.05, 0.1) is 17.9 Å². The number of hydrogen-bond donors (Lipinski definition) is 1. The first-order valence-corrected chi connectivity index (χ1v) is 10.3. The van der Waals surface area contributed by atoms with Crippen LogP contribution < -0.4 is 10.9 Å². The van der Waals surface area contributed by atoms with Gasteiger partial charge in [0.25, 0.3) is 11.5 Å². The predicted molar refractivity (Wildman–Crippen MR) is 117 cm³/mol. The van der Waals surface area contributed by atoms with Crippen LogP contribution in [-0.4, -0.2) is 20.4 Å². The average Bonchev–Trinajstić information content (AvgIpc) is 3.17. The normalized spacial score (nSPS) is 10.7. The quantitative estimate of drug-likeness (QED) is 0.520. The number of aromatic nitrogens is 3. The van der Waals surface area contributed by atoms with Crippen LogP contribution in [0.15, 0.2) is 77.9 Å². The molecule has 0 saturated heterocycles. The van der Waals surface area contributed by atoms with Crippen LogP contribution in [0.3, 0.4) is 0 Å². The maximum absolute atomic E-state index is 12.6. The van der Waals surface area contributed by atoms with Crippen molar-refractivity contribution in [2.45, 2.75) is 20.0 Å². The van der Waals surface area contributed by atoms with E-state index in [1.165, 1.54) is 11.3 Å². The molecule has 0 unspecified atom stereocenters. The summed E-state index contributed by atoms with van der Waals surface area (Å²) in [5.74, 6) is -0.146. The summed E-state index contributed by atoms with van der Waals surface area (Å²) in [6.07, 6.45) is 3.48. The van der Waals surface area contributed by atoms with Gasteiger partial charge in [0.15, 0.2) is 0 Å². The van der Waals surface area contributed by atoms with Gasteiger partial charge in [-0.1, -0.05) is 36.4 Å². The highest BCUT2D eigenvalue weighted by molar-refractivity contribution is 7.17. The van der Waals surface area contributed by atoms with Gasteiger partial charge in [0.2, 0.25) is 0 Å². The van der Waals surface area contributed by atoms with E-state index in [0.29, 0.717) is 23.7 Å². The largest absolute Gasteiger partial charge is 0.347 e. The van der Waals surface area contributed by atoms with Crippen LogP contribution in [0.4, 0.5) is 0 Å². The molecule has 30 heavy (non-hydrogen) atoms. The summed E-state index contributed by atoms with van der Waals surface area (Å²) in [6, 6.07) is 18.6. The second-order valence-electron chi connectivity index (χ2n) is 6.81. The fourth-order valence-electron chi connectivity index (χ4n) is 3.02. The van der Waals surface area contributed by atoms with E-state index in [1.807, 2.05) is 55.5 Å². The molecule has 3 aromatic heterocycles. The third-order valence-electron chi connectivity index (χ3n) is 4.61. The highest BCUT2D eigenvalue weighted by atomic mass is 32.1. The Hall–Kier alpha value is -3.58. The molecule has 0 radical (unpaired) electrons. The van der Waals surface area contributed by atoms with Gasteiger partial charge in [0.1, 0.15) is 9.88 Å². The maximum atomic E-state index is 12.6. The lowest BCUT2D eigenvalue weighted by molar-refractivity contribution is 0.0954. The summed E-state index contributed by atoms with van der Waals surface area (Å²) in [5.41, 5.74) is 3.44. The lowest BCUT2D eigenvalue weighted by Crippen LogP contribution is -2.22. The number of benzene rings is 1. The molecule has 0 spiro atoms. The molecule has 0 saturated carbocycles. The van der Waals surface area contributed by atoms with Crippen LogP contribution in [0.25, 0.3) is 10.7 Å². The molecule has 1 N–H and O–H groups in total. The molecule has 0 aliphatic carbocycles. The number of nitrogens with one attached hydrogen (secondary N) is 1. The van der Waals surface area contributed by atoms with Crippen molar-refractivity contribution < 1.29 is 4.79 Å². The fraction of sp³-hybridized carbons (Fsp3) is 0.130. The Bertz CT molecular complexity index is 1210. The van der Waals surface area contributed by atoms with Gasteiger partial charge in [-0.15, -0.1) is 11.3 Å². The van der Waals surface area contributed by atoms with Crippen LogP contribution in [-0.2, 0) is 13.1 Å².